The van der Waals surface area contributed by atoms with E-state index in [0.29, 0.717) is 30.9 Å². The van der Waals surface area contributed by atoms with Gasteiger partial charge in [0, 0.05) is 13.1 Å². The van der Waals surface area contributed by atoms with Crippen LogP contribution < -0.4 is 10.1 Å². The lowest BCUT2D eigenvalue weighted by atomic mass is 9.94. The number of carboxylic acid groups (broad SMARTS) is 1. The fourth-order valence-corrected chi connectivity index (χ4v) is 2.81. The highest BCUT2D eigenvalue weighted by atomic mass is 16.5. The molecule has 0 fully saturated rings. The Labute approximate surface area is 116 Å². The zero-order chi connectivity index (χ0) is 14.3. The molecule has 3 rings (SSSR count). The first-order valence-electron chi connectivity index (χ1n) is 6.62. The van der Waals surface area contributed by atoms with E-state index in [-0.39, 0.29) is 18.4 Å². The van der Waals surface area contributed by atoms with Crippen LogP contribution in [-0.2, 0) is 11.2 Å². The van der Waals surface area contributed by atoms with Gasteiger partial charge in [-0.05, 0) is 35.6 Å². The second-order valence-corrected chi connectivity index (χ2v) is 5.26. The third kappa shape index (κ3) is 2.17. The van der Waals surface area contributed by atoms with E-state index in [2.05, 4.69) is 5.32 Å². The number of nitrogens with one attached hydrogen (secondary N) is 1. The van der Waals surface area contributed by atoms with Gasteiger partial charge < -0.3 is 20.1 Å². The highest BCUT2D eigenvalue weighted by Crippen LogP contribution is 2.36. The van der Waals surface area contributed by atoms with Crippen LogP contribution >= 0.6 is 0 Å². The number of nitrogens with zero attached hydrogens (tertiary/aromatic N) is 1. The summed E-state index contributed by atoms with van der Waals surface area (Å²) in [6, 6.07) is 3.84. The minimum atomic E-state index is -0.890. The third-order valence-corrected chi connectivity index (χ3v) is 3.82. The lowest BCUT2D eigenvalue weighted by molar-refractivity contribution is -0.118. The highest BCUT2D eigenvalue weighted by molar-refractivity contribution is 5.95. The molecule has 0 saturated carbocycles. The van der Waals surface area contributed by atoms with Crippen LogP contribution in [-0.4, -0.2) is 41.7 Å². The molecule has 0 radical (unpaired) electrons. The Kier molecular flexibility index (Phi) is 3.00. The van der Waals surface area contributed by atoms with Crippen molar-refractivity contribution in [3.63, 3.8) is 0 Å². The van der Waals surface area contributed by atoms with E-state index in [1.54, 1.807) is 0 Å². The zero-order valence-electron chi connectivity index (χ0n) is 11.2. The fourth-order valence-electron chi connectivity index (χ4n) is 2.81. The first kappa shape index (κ1) is 12.8. The molecule has 106 valence electrons. The summed E-state index contributed by atoms with van der Waals surface area (Å²) in [6.07, 6.45) is -0.227. The molecular weight excluding hydrogens is 260 g/mol. The van der Waals surface area contributed by atoms with E-state index >= 15 is 0 Å². The van der Waals surface area contributed by atoms with E-state index in [0.717, 1.165) is 11.1 Å². The number of hydrogen-bond donors (Lipinski definition) is 2. The van der Waals surface area contributed by atoms with E-state index in [1.165, 1.54) is 4.90 Å². The number of benzene rings is 1. The Hall–Kier alpha value is -2.24. The SMILES string of the molecule is CC1CN(C(=O)O)CCc2cc3c(cc21)NC(=O)CO3. The number of carbonyl (C=O) groups is 2. The Morgan fingerprint density at radius 1 is 1.50 bits per heavy atom. The van der Waals surface area contributed by atoms with Crippen LogP contribution in [0.5, 0.6) is 5.75 Å². The summed E-state index contributed by atoms with van der Waals surface area (Å²) in [7, 11) is 0. The van der Waals surface area contributed by atoms with Crippen LogP contribution in [0.3, 0.4) is 0 Å². The highest BCUT2D eigenvalue weighted by Gasteiger charge is 2.26. The molecule has 2 heterocycles. The molecule has 1 unspecified atom stereocenters. The fraction of sp³-hybridized carbons (Fsp3) is 0.429. The van der Waals surface area contributed by atoms with Crippen molar-refractivity contribution in [1.82, 2.24) is 4.90 Å². The Morgan fingerprint density at radius 2 is 2.30 bits per heavy atom. The molecule has 6 heteroatoms. The zero-order valence-corrected chi connectivity index (χ0v) is 11.2. The van der Waals surface area contributed by atoms with Gasteiger partial charge in [-0.3, -0.25) is 4.79 Å². The van der Waals surface area contributed by atoms with Gasteiger partial charge in [0.25, 0.3) is 5.91 Å². The number of ether oxygens (including phenoxy) is 1. The molecule has 2 aliphatic rings. The molecule has 6 nitrogen and oxygen atoms in total. The van der Waals surface area contributed by atoms with E-state index in [1.807, 2.05) is 19.1 Å². The van der Waals surface area contributed by atoms with Gasteiger partial charge in [-0.15, -0.1) is 0 Å². The van der Waals surface area contributed by atoms with E-state index in [9.17, 15) is 9.59 Å². The molecule has 0 spiro atoms. The minimum Gasteiger partial charge on any atom is -0.482 e. The molecule has 0 saturated heterocycles. The van der Waals surface area contributed by atoms with E-state index < -0.39 is 6.09 Å². The quantitative estimate of drug-likeness (QED) is 0.755. The van der Waals surface area contributed by atoms with Crippen molar-refractivity contribution < 1.29 is 19.4 Å². The van der Waals surface area contributed by atoms with Gasteiger partial charge >= 0.3 is 6.09 Å². The van der Waals surface area contributed by atoms with Gasteiger partial charge in [0.05, 0.1) is 5.69 Å². The van der Waals surface area contributed by atoms with Crippen LogP contribution in [0, 0.1) is 0 Å². The van der Waals surface area contributed by atoms with Gasteiger partial charge in [0.2, 0.25) is 0 Å². The van der Waals surface area contributed by atoms with Crippen LogP contribution in [0.2, 0.25) is 0 Å². The standard InChI is InChI=1S/C14H16N2O4/c1-8-6-16(14(18)19)3-2-9-4-12-11(5-10(8)9)15-13(17)7-20-12/h4-5,8H,2-3,6-7H2,1H3,(H,15,17)(H,18,19). The van der Waals surface area contributed by atoms with Gasteiger partial charge in [0.15, 0.2) is 6.61 Å². The minimum absolute atomic E-state index is 0.0303. The maximum Gasteiger partial charge on any atom is 0.407 e. The number of rotatable bonds is 0. The third-order valence-electron chi connectivity index (χ3n) is 3.82. The topological polar surface area (TPSA) is 78.9 Å². The molecule has 2 amide bonds. The molecule has 0 aromatic heterocycles. The largest absolute Gasteiger partial charge is 0.482 e. The number of fused-ring (bicyclic) bond motifs is 2. The van der Waals surface area contributed by atoms with E-state index in [4.69, 9.17) is 9.84 Å². The first-order valence-corrected chi connectivity index (χ1v) is 6.62. The summed E-state index contributed by atoms with van der Waals surface area (Å²) in [5, 5.41) is 11.9. The Morgan fingerprint density at radius 3 is 3.05 bits per heavy atom. The van der Waals surface area contributed by atoms with Crippen LogP contribution in [0.25, 0.3) is 0 Å². The summed E-state index contributed by atoms with van der Waals surface area (Å²) in [4.78, 5) is 23.9. The summed E-state index contributed by atoms with van der Waals surface area (Å²) in [6.45, 7) is 2.98. The molecule has 1 aromatic rings. The molecule has 0 aliphatic carbocycles. The summed E-state index contributed by atoms with van der Waals surface area (Å²) >= 11 is 0. The van der Waals surface area contributed by atoms with Crippen molar-refractivity contribution in [3.8, 4) is 5.75 Å². The van der Waals surface area contributed by atoms with Crippen molar-refractivity contribution in [2.24, 2.45) is 0 Å². The summed E-state index contributed by atoms with van der Waals surface area (Å²) in [5.74, 6) is 0.595. The Bertz CT molecular complexity index is 585. The molecule has 2 aliphatic heterocycles. The number of anilines is 1. The predicted octanol–water partition coefficient (Wildman–Crippen LogP) is 1.66. The lowest BCUT2D eigenvalue weighted by Crippen LogP contribution is -2.32. The first-order chi connectivity index (χ1) is 9.54. The number of amides is 2. The molecule has 2 N–H and O–H groups in total. The lowest BCUT2D eigenvalue weighted by Gasteiger charge is -2.22. The van der Waals surface area contributed by atoms with Crippen molar-refractivity contribution in [3.05, 3.63) is 23.3 Å². The molecule has 1 aromatic carbocycles. The predicted molar refractivity (Wildman–Crippen MR) is 72.3 cm³/mol. The molecule has 1 atom stereocenters. The van der Waals surface area contributed by atoms with Gasteiger partial charge in [-0.25, -0.2) is 4.79 Å². The number of carbonyl (C=O) groups excluding carboxylic acids is 1. The number of hydrogen-bond acceptors (Lipinski definition) is 3. The van der Waals surface area contributed by atoms with Crippen molar-refractivity contribution >= 4 is 17.7 Å². The Balaban J connectivity index is 1.97. The van der Waals surface area contributed by atoms with Gasteiger partial charge in [-0.2, -0.15) is 0 Å². The van der Waals surface area contributed by atoms with Gasteiger partial charge in [0.1, 0.15) is 5.75 Å². The molecule has 0 bridgehead atoms. The van der Waals surface area contributed by atoms with Crippen molar-refractivity contribution in [2.75, 3.05) is 25.0 Å². The van der Waals surface area contributed by atoms with Crippen molar-refractivity contribution in [2.45, 2.75) is 19.3 Å². The van der Waals surface area contributed by atoms with Crippen LogP contribution in [0.1, 0.15) is 24.0 Å². The average Bonchev–Trinajstić information content (AvgIpc) is 2.56. The maximum atomic E-state index is 11.4. The second-order valence-electron chi connectivity index (χ2n) is 5.26. The average molecular weight is 276 g/mol. The maximum absolute atomic E-state index is 11.4. The van der Waals surface area contributed by atoms with Crippen LogP contribution in [0.15, 0.2) is 12.1 Å². The van der Waals surface area contributed by atoms with Crippen LogP contribution in [0.4, 0.5) is 10.5 Å². The van der Waals surface area contributed by atoms with Gasteiger partial charge in [-0.1, -0.05) is 6.92 Å². The second kappa shape index (κ2) is 4.70. The van der Waals surface area contributed by atoms with Crippen molar-refractivity contribution in [1.29, 1.82) is 0 Å². The smallest absolute Gasteiger partial charge is 0.407 e. The molecule has 20 heavy (non-hydrogen) atoms. The monoisotopic (exact) mass is 276 g/mol. The summed E-state index contributed by atoms with van der Waals surface area (Å²) in [5.41, 5.74) is 2.85. The molecular formula is C14H16N2O4. The normalized spacial score (nSPS) is 21.1. The summed E-state index contributed by atoms with van der Waals surface area (Å²) < 4.78 is 5.41.